The maximum atomic E-state index is 11.9. The molecule has 0 fully saturated rings. The minimum atomic E-state index is -0.618. The molecule has 1 heterocycles. The lowest BCUT2D eigenvalue weighted by Gasteiger charge is -2.06. The highest BCUT2D eigenvalue weighted by Crippen LogP contribution is 2.27. The van der Waals surface area contributed by atoms with Crippen molar-refractivity contribution in [3.05, 3.63) is 87.9 Å². The lowest BCUT2D eigenvalue weighted by Crippen LogP contribution is -2.24. The number of furan rings is 1. The lowest BCUT2D eigenvalue weighted by atomic mass is 10.2. The van der Waals surface area contributed by atoms with Gasteiger partial charge in [-0.25, -0.2) is 10.2 Å². The average molecular weight is 423 g/mol. The molecular weight excluding hydrogens is 406 g/mol. The molecule has 1 N–H and O–H groups in total. The third-order valence-corrected chi connectivity index (χ3v) is 3.89. The van der Waals surface area contributed by atoms with Gasteiger partial charge in [0.25, 0.3) is 5.91 Å². The summed E-state index contributed by atoms with van der Waals surface area (Å²) in [6.45, 7) is 1.27. The maximum absolute atomic E-state index is 11.9. The van der Waals surface area contributed by atoms with E-state index in [1.165, 1.54) is 30.7 Å². The summed E-state index contributed by atoms with van der Waals surface area (Å²) in [5.74, 6) is -0.806. The Morgan fingerprint density at radius 3 is 2.65 bits per heavy atom. The maximum Gasteiger partial charge on any atom is 0.379 e. The Kier molecular flexibility index (Phi) is 6.74. The number of nitro groups is 1. The number of amides is 1. The summed E-state index contributed by atoms with van der Waals surface area (Å²) in [5.41, 5.74) is 3.38. The van der Waals surface area contributed by atoms with E-state index in [4.69, 9.17) is 13.9 Å². The topological polar surface area (TPSA) is 133 Å². The first-order valence-corrected chi connectivity index (χ1v) is 8.98. The highest BCUT2D eigenvalue weighted by Gasteiger charge is 2.16. The molecule has 0 aliphatic heterocycles. The number of benzene rings is 2. The van der Waals surface area contributed by atoms with Crippen LogP contribution in [0, 0.1) is 17.0 Å². The van der Waals surface area contributed by atoms with Crippen molar-refractivity contribution in [2.45, 2.75) is 6.92 Å². The third kappa shape index (κ3) is 6.00. The minimum Gasteiger partial charge on any atom is -0.477 e. The van der Waals surface area contributed by atoms with Crippen LogP contribution in [-0.2, 0) is 4.79 Å². The number of ether oxygens (including phenoxy) is 2. The predicted octanol–water partition coefficient (Wildman–Crippen LogP) is 3.24. The van der Waals surface area contributed by atoms with Crippen LogP contribution in [0.1, 0.15) is 21.7 Å². The quantitative estimate of drug-likeness (QED) is 0.193. The van der Waals surface area contributed by atoms with E-state index in [0.29, 0.717) is 16.9 Å². The van der Waals surface area contributed by atoms with E-state index < -0.39 is 23.4 Å². The molecule has 158 valence electrons. The van der Waals surface area contributed by atoms with Crippen LogP contribution in [0.4, 0.5) is 5.69 Å². The molecule has 0 spiro atoms. The molecule has 10 nitrogen and oxygen atoms in total. The van der Waals surface area contributed by atoms with Gasteiger partial charge in [0.1, 0.15) is 5.75 Å². The second kappa shape index (κ2) is 9.83. The van der Waals surface area contributed by atoms with Gasteiger partial charge in [0.05, 0.1) is 17.4 Å². The Balaban J connectivity index is 1.48. The second-order valence-electron chi connectivity index (χ2n) is 6.25. The van der Waals surface area contributed by atoms with E-state index in [-0.39, 0.29) is 17.2 Å². The number of rotatable bonds is 8. The number of carbonyl (C=O) groups excluding carboxylic acids is 2. The standard InChI is InChI=1S/C21H17N3O7/c1-14-4-9-18(17(11-14)24(27)28)30-13-20(25)23-22-12-15-5-7-16(8-6-15)31-21(26)19-3-2-10-29-19/h2-12H,13H2,1H3,(H,23,25)/b22-12+. The summed E-state index contributed by atoms with van der Waals surface area (Å²) >= 11 is 0. The van der Waals surface area contributed by atoms with Gasteiger partial charge in [-0.2, -0.15) is 5.10 Å². The summed E-state index contributed by atoms with van der Waals surface area (Å²) in [5, 5.41) is 14.9. The Bertz CT molecular complexity index is 1110. The fourth-order valence-corrected chi connectivity index (χ4v) is 2.42. The average Bonchev–Trinajstić information content (AvgIpc) is 3.29. The summed E-state index contributed by atoms with van der Waals surface area (Å²) in [4.78, 5) is 34.1. The Hall–Kier alpha value is -4.47. The fraction of sp³-hybridized carbons (Fsp3) is 0.0952. The Labute approximate surface area is 176 Å². The van der Waals surface area contributed by atoms with E-state index in [0.717, 1.165) is 0 Å². The van der Waals surface area contributed by atoms with Crippen molar-refractivity contribution in [2.24, 2.45) is 5.10 Å². The number of nitrogens with one attached hydrogen (secondary N) is 1. The SMILES string of the molecule is Cc1ccc(OCC(=O)N/N=C/c2ccc(OC(=O)c3ccco3)cc2)c([N+](=O)[O-])c1. The van der Waals surface area contributed by atoms with Crippen LogP contribution in [0.2, 0.25) is 0 Å². The number of esters is 1. The molecule has 31 heavy (non-hydrogen) atoms. The van der Waals surface area contributed by atoms with E-state index >= 15 is 0 Å². The van der Waals surface area contributed by atoms with Crippen molar-refractivity contribution in [1.82, 2.24) is 5.43 Å². The zero-order chi connectivity index (χ0) is 22.2. The Morgan fingerprint density at radius 2 is 1.97 bits per heavy atom. The monoisotopic (exact) mass is 423 g/mol. The normalized spacial score (nSPS) is 10.6. The molecule has 3 aromatic rings. The molecular formula is C21H17N3O7. The molecule has 0 radical (unpaired) electrons. The highest BCUT2D eigenvalue weighted by atomic mass is 16.6. The lowest BCUT2D eigenvalue weighted by molar-refractivity contribution is -0.385. The zero-order valence-corrected chi connectivity index (χ0v) is 16.3. The number of hydrazone groups is 1. The third-order valence-electron chi connectivity index (χ3n) is 3.89. The van der Waals surface area contributed by atoms with Crippen LogP contribution >= 0.6 is 0 Å². The number of aryl methyl sites for hydroxylation is 1. The van der Waals surface area contributed by atoms with Gasteiger partial charge in [-0.3, -0.25) is 14.9 Å². The van der Waals surface area contributed by atoms with Gasteiger partial charge in [0.2, 0.25) is 5.76 Å². The Morgan fingerprint density at radius 1 is 1.19 bits per heavy atom. The first-order chi connectivity index (χ1) is 14.9. The predicted molar refractivity (Wildman–Crippen MR) is 109 cm³/mol. The van der Waals surface area contributed by atoms with Gasteiger partial charge in [-0.1, -0.05) is 6.07 Å². The van der Waals surface area contributed by atoms with Crippen LogP contribution in [0.25, 0.3) is 0 Å². The molecule has 0 saturated heterocycles. The number of hydrogen-bond acceptors (Lipinski definition) is 8. The van der Waals surface area contributed by atoms with Crippen LogP contribution in [-0.4, -0.2) is 29.6 Å². The number of nitro benzene ring substituents is 1. The molecule has 0 atom stereocenters. The minimum absolute atomic E-state index is 0.00517. The van der Waals surface area contributed by atoms with Gasteiger partial charge in [-0.05, 0) is 60.5 Å². The van der Waals surface area contributed by atoms with Crippen LogP contribution in [0.15, 0.2) is 70.4 Å². The molecule has 0 aliphatic rings. The summed E-state index contributed by atoms with van der Waals surface area (Å²) < 4.78 is 15.3. The molecule has 10 heteroatoms. The van der Waals surface area contributed by atoms with Crippen molar-refractivity contribution in [3.63, 3.8) is 0 Å². The van der Waals surface area contributed by atoms with Gasteiger partial charge < -0.3 is 13.9 Å². The van der Waals surface area contributed by atoms with Crippen LogP contribution in [0.5, 0.6) is 11.5 Å². The van der Waals surface area contributed by atoms with Gasteiger partial charge in [-0.15, -0.1) is 0 Å². The first-order valence-electron chi connectivity index (χ1n) is 8.98. The molecule has 0 unspecified atom stereocenters. The smallest absolute Gasteiger partial charge is 0.379 e. The summed E-state index contributed by atoms with van der Waals surface area (Å²) in [6.07, 6.45) is 2.75. The van der Waals surface area contributed by atoms with Crippen LogP contribution < -0.4 is 14.9 Å². The molecule has 0 aliphatic carbocycles. The van der Waals surface area contributed by atoms with E-state index in [2.05, 4.69) is 10.5 Å². The summed E-state index contributed by atoms with van der Waals surface area (Å²) in [7, 11) is 0. The van der Waals surface area contributed by atoms with E-state index in [1.807, 2.05) is 0 Å². The van der Waals surface area contributed by atoms with Gasteiger partial charge >= 0.3 is 11.7 Å². The summed E-state index contributed by atoms with van der Waals surface area (Å²) in [6, 6.07) is 13.9. The number of carbonyl (C=O) groups is 2. The van der Waals surface area contributed by atoms with Crippen molar-refractivity contribution in [3.8, 4) is 11.5 Å². The second-order valence-corrected chi connectivity index (χ2v) is 6.25. The van der Waals surface area contributed by atoms with Crippen LogP contribution in [0.3, 0.4) is 0 Å². The zero-order valence-electron chi connectivity index (χ0n) is 16.3. The van der Waals surface area contributed by atoms with Crippen molar-refractivity contribution >= 4 is 23.8 Å². The first kappa shape index (κ1) is 21.2. The van der Waals surface area contributed by atoms with E-state index in [9.17, 15) is 19.7 Å². The number of nitrogens with zero attached hydrogens (tertiary/aromatic N) is 2. The van der Waals surface area contributed by atoms with Gasteiger partial charge in [0, 0.05) is 6.07 Å². The largest absolute Gasteiger partial charge is 0.477 e. The molecule has 0 saturated carbocycles. The van der Waals surface area contributed by atoms with E-state index in [1.54, 1.807) is 43.3 Å². The van der Waals surface area contributed by atoms with Crippen molar-refractivity contribution in [1.29, 1.82) is 0 Å². The molecule has 3 rings (SSSR count). The fourth-order valence-electron chi connectivity index (χ4n) is 2.42. The molecule has 2 aromatic carbocycles. The van der Waals surface area contributed by atoms with Crippen molar-refractivity contribution < 1.29 is 28.4 Å². The highest BCUT2D eigenvalue weighted by molar-refractivity contribution is 5.88. The molecule has 0 bridgehead atoms. The molecule has 1 amide bonds. The molecule has 1 aromatic heterocycles. The number of hydrogen-bond donors (Lipinski definition) is 1. The van der Waals surface area contributed by atoms with Crippen molar-refractivity contribution in [2.75, 3.05) is 6.61 Å². The van der Waals surface area contributed by atoms with Gasteiger partial charge in [0.15, 0.2) is 12.4 Å².